The van der Waals surface area contributed by atoms with Crippen LogP contribution in [0.2, 0.25) is 0 Å². The number of rotatable bonds is 1. The van der Waals surface area contributed by atoms with Gasteiger partial charge in [0.15, 0.2) is 0 Å². The number of nitrogens with zero attached hydrogens (tertiary/aromatic N) is 3. The lowest BCUT2D eigenvalue weighted by atomic mass is 10.3. The number of β-amino-alcohol motifs (C(OH)–C–C–N with tert-alkyl or cyclic N) is 1. The normalized spacial score (nSPS) is 22.3. The van der Waals surface area contributed by atoms with Gasteiger partial charge in [0.25, 0.3) is 0 Å². The second-order valence-electron chi connectivity index (χ2n) is 3.41. The molecule has 70 valence electrons. The Labute approximate surface area is 77.2 Å². The Bertz CT molecular complexity index is 303. The quantitative estimate of drug-likeness (QED) is 0.676. The number of hydrogen-bond donors (Lipinski definition) is 1. The molecular formula is C9H13N3O. The van der Waals surface area contributed by atoms with Gasteiger partial charge in [0.05, 0.1) is 18.0 Å². The molecule has 1 aliphatic heterocycles. The highest BCUT2D eigenvalue weighted by Crippen LogP contribution is 2.16. The van der Waals surface area contributed by atoms with Crippen LogP contribution >= 0.6 is 0 Å². The summed E-state index contributed by atoms with van der Waals surface area (Å²) >= 11 is 0. The Kier molecular flexibility index (Phi) is 2.14. The Hall–Kier alpha value is -1.16. The first-order valence-electron chi connectivity index (χ1n) is 4.47. The third kappa shape index (κ3) is 1.78. The van der Waals surface area contributed by atoms with E-state index < -0.39 is 0 Å². The molecule has 2 heterocycles. The van der Waals surface area contributed by atoms with Crippen LogP contribution in [0.4, 0.5) is 5.82 Å². The SMILES string of the molecule is Cc1cncc(N2CC[C@@H](O)C2)n1. The minimum Gasteiger partial charge on any atom is -0.391 e. The average Bonchev–Trinajstić information content (AvgIpc) is 2.52. The number of aryl methyl sites for hydroxylation is 1. The lowest BCUT2D eigenvalue weighted by Gasteiger charge is -2.15. The molecule has 1 fully saturated rings. The third-order valence-electron chi connectivity index (χ3n) is 2.23. The lowest BCUT2D eigenvalue weighted by molar-refractivity contribution is 0.198. The van der Waals surface area contributed by atoms with Crippen LogP contribution in [0, 0.1) is 6.92 Å². The smallest absolute Gasteiger partial charge is 0.147 e. The topological polar surface area (TPSA) is 49.2 Å². The van der Waals surface area contributed by atoms with Crippen LogP contribution in [0.3, 0.4) is 0 Å². The zero-order chi connectivity index (χ0) is 9.26. The van der Waals surface area contributed by atoms with Gasteiger partial charge in [0.1, 0.15) is 5.82 Å². The van der Waals surface area contributed by atoms with Gasteiger partial charge in [-0.1, -0.05) is 0 Å². The fourth-order valence-electron chi connectivity index (χ4n) is 1.55. The van der Waals surface area contributed by atoms with Gasteiger partial charge in [-0.3, -0.25) is 4.98 Å². The number of hydrogen-bond acceptors (Lipinski definition) is 4. The van der Waals surface area contributed by atoms with Crippen LogP contribution in [0.15, 0.2) is 12.4 Å². The molecule has 13 heavy (non-hydrogen) atoms. The van der Waals surface area contributed by atoms with Crippen molar-refractivity contribution >= 4 is 5.82 Å². The molecule has 0 radical (unpaired) electrons. The minimum atomic E-state index is -0.206. The molecule has 4 nitrogen and oxygen atoms in total. The standard InChI is InChI=1S/C9H13N3O/c1-7-4-10-5-9(11-7)12-3-2-8(13)6-12/h4-5,8,13H,2-3,6H2,1H3/t8-/m1/s1. The zero-order valence-corrected chi connectivity index (χ0v) is 7.64. The van der Waals surface area contributed by atoms with E-state index in [1.54, 1.807) is 12.4 Å². The van der Waals surface area contributed by atoms with E-state index in [0.29, 0.717) is 6.54 Å². The molecule has 4 heteroatoms. The van der Waals surface area contributed by atoms with Gasteiger partial charge in [-0.2, -0.15) is 0 Å². The van der Waals surface area contributed by atoms with Crippen molar-refractivity contribution in [1.29, 1.82) is 0 Å². The van der Waals surface area contributed by atoms with Gasteiger partial charge < -0.3 is 10.0 Å². The summed E-state index contributed by atoms with van der Waals surface area (Å²) in [7, 11) is 0. The largest absolute Gasteiger partial charge is 0.391 e. The second-order valence-corrected chi connectivity index (χ2v) is 3.41. The molecule has 0 aromatic carbocycles. The Morgan fingerprint density at radius 3 is 3.00 bits per heavy atom. The van der Waals surface area contributed by atoms with Crippen molar-refractivity contribution in [3.63, 3.8) is 0 Å². The molecule has 1 N–H and O–H groups in total. The summed E-state index contributed by atoms with van der Waals surface area (Å²) in [5, 5.41) is 9.34. The molecule has 0 aliphatic carbocycles. The van der Waals surface area contributed by atoms with E-state index in [1.165, 1.54) is 0 Å². The second kappa shape index (κ2) is 3.30. The molecule has 0 bridgehead atoms. The molecule has 1 aromatic heterocycles. The maximum atomic E-state index is 9.34. The minimum absolute atomic E-state index is 0.206. The highest BCUT2D eigenvalue weighted by Gasteiger charge is 2.21. The molecule has 0 saturated carbocycles. The molecule has 1 aliphatic rings. The Balaban J connectivity index is 2.16. The Morgan fingerprint density at radius 2 is 2.38 bits per heavy atom. The van der Waals surface area contributed by atoms with Crippen molar-refractivity contribution in [3.8, 4) is 0 Å². The number of aliphatic hydroxyl groups is 1. The van der Waals surface area contributed by atoms with Crippen LogP contribution in [0.1, 0.15) is 12.1 Å². The number of anilines is 1. The third-order valence-corrected chi connectivity index (χ3v) is 2.23. The average molecular weight is 179 g/mol. The first-order chi connectivity index (χ1) is 6.25. The summed E-state index contributed by atoms with van der Waals surface area (Å²) in [6.45, 7) is 3.47. The summed E-state index contributed by atoms with van der Waals surface area (Å²) in [4.78, 5) is 10.5. The number of aliphatic hydroxyl groups excluding tert-OH is 1. The summed E-state index contributed by atoms with van der Waals surface area (Å²) in [5.41, 5.74) is 0.916. The van der Waals surface area contributed by atoms with Gasteiger partial charge >= 0.3 is 0 Å². The molecule has 2 rings (SSSR count). The molecule has 0 unspecified atom stereocenters. The van der Waals surface area contributed by atoms with Crippen molar-refractivity contribution < 1.29 is 5.11 Å². The first-order valence-corrected chi connectivity index (χ1v) is 4.47. The molecule has 1 aromatic rings. The van der Waals surface area contributed by atoms with Gasteiger partial charge in [0.2, 0.25) is 0 Å². The van der Waals surface area contributed by atoms with Crippen LogP contribution < -0.4 is 4.90 Å². The van der Waals surface area contributed by atoms with Crippen LogP contribution in [-0.4, -0.2) is 34.3 Å². The molecular weight excluding hydrogens is 166 g/mol. The fourth-order valence-corrected chi connectivity index (χ4v) is 1.55. The van der Waals surface area contributed by atoms with Crippen LogP contribution in [-0.2, 0) is 0 Å². The fraction of sp³-hybridized carbons (Fsp3) is 0.556. The van der Waals surface area contributed by atoms with E-state index in [2.05, 4.69) is 14.9 Å². The van der Waals surface area contributed by atoms with E-state index in [-0.39, 0.29) is 6.10 Å². The predicted molar refractivity (Wildman–Crippen MR) is 49.6 cm³/mol. The molecule has 0 spiro atoms. The number of aromatic nitrogens is 2. The maximum absolute atomic E-state index is 9.34. The molecule has 0 amide bonds. The molecule has 1 saturated heterocycles. The van der Waals surface area contributed by atoms with E-state index in [1.807, 2.05) is 6.92 Å². The van der Waals surface area contributed by atoms with Crippen molar-refractivity contribution in [2.75, 3.05) is 18.0 Å². The Morgan fingerprint density at radius 1 is 1.54 bits per heavy atom. The van der Waals surface area contributed by atoms with Crippen LogP contribution in [0.25, 0.3) is 0 Å². The highest BCUT2D eigenvalue weighted by atomic mass is 16.3. The summed E-state index contributed by atoms with van der Waals surface area (Å²) in [6, 6.07) is 0. The van der Waals surface area contributed by atoms with E-state index >= 15 is 0 Å². The van der Waals surface area contributed by atoms with E-state index in [0.717, 1.165) is 24.5 Å². The zero-order valence-electron chi connectivity index (χ0n) is 7.64. The van der Waals surface area contributed by atoms with Crippen molar-refractivity contribution in [2.45, 2.75) is 19.4 Å². The van der Waals surface area contributed by atoms with Crippen molar-refractivity contribution in [3.05, 3.63) is 18.1 Å². The summed E-state index contributed by atoms with van der Waals surface area (Å²) in [6.07, 6.45) is 4.10. The van der Waals surface area contributed by atoms with Gasteiger partial charge in [0, 0.05) is 19.3 Å². The predicted octanol–water partition coefficient (Wildman–Crippen LogP) is 0.356. The van der Waals surface area contributed by atoms with Gasteiger partial charge in [-0.15, -0.1) is 0 Å². The highest BCUT2D eigenvalue weighted by molar-refractivity contribution is 5.37. The summed E-state index contributed by atoms with van der Waals surface area (Å²) < 4.78 is 0. The van der Waals surface area contributed by atoms with Gasteiger partial charge in [-0.25, -0.2) is 4.98 Å². The van der Waals surface area contributed by atoms with E-state index in [9.17, 15) is 5.11 Å². The maximum Gasteiger partial charge on any atom is 0.147 e. The lowest BCUT2D eigenvalue weighted by Crippen LogP contribution is -2.22. The van der Waals surface area contributed by atoms with Gasteiger partial charge in [-0.05, 0) is 13.3 Å². The van der Waals surface area contributed by atoms with Crippen molar-refractivity contribution in [2.24, 2.45) is 0 Å². The molecule has 1 atom stereocenters. The first kappa shape index (κ1) is 8.44. The summed E-state index contributed by atoms with van der Waals surface area (Å²) in [5.74, 6) is 0.872. The van der Waals surface area contributed by atoms with Crippen molar-refractivity contribution in [1.82, 2.24) is 9.97 Å². The monoisotopic (exact) mass is 179 g/mol. The van der Waals surface area contributed by atoms with Crippen LogP contribution in [0.5, 0.6) is 0 Å². The van der Waals surface area contributed by atoms with E-state index in [4.69, 9.17) is 0 Å².